The smallest absolute Gasteiger partial charge is 0.342 e. The van der Waals surface area contributed by atoms with Crippen molar-refractivity contribution in [2.24, 2.45) is 9.98 Å². The molecule has 0 fully saturated rings. The van der Waals surface area contributed by atoms with Gasteiger partial charge in [0.05, 0.1) is 39.2 Å². The number of aryl methyl sites for hydroxylation is 5. The topological polar surface area (TPSA) is 37.6 Å². The Balaban J connectivity index is 0.00000112. The maximum Gasteiger partial charge on any atom is 2.00 e. The SMILES string of the molecule is CCc1cc(C)cc(C)c1N=C(C)c1cccc(C(C)=Nc2c(Cl)cc(C)cc2CC)n1.[CH2-][Si](CC)(CC)CC.[CH2-][Si](CC)(CC)CC.[Fe+2]. The molecule has 0 amide bonds. The molecule has 0 N–H and O–H groups in total. The van der Waals surface area contributed by atoms with Crippen LogP contribution in [-0.4, -0.2) is 32.6 Å². The van der Waals surface area contributed by atoms with Crippen LogP contribution in [0.5, 0.6) is 0 Å². The molecule has 0 saturated heterocycles. The summed E-state index contributed by atoms with van der Waals surface area (Å²) in [4.78, 5) is 14.7. The number of benzene rings is 2. The first-order valence-corrected chi connectivity index (χ1v) is 24.3. The van der Waals surface area contributed by atoms with Crippen LogP contribution in [0.1, 0.15) is 108 Å². The van der Waals surface area contributed by atoms with Crippen LogP contribution in [0, 0.1) is 33.9 Å². The van der Waals surface area contributed by atoms with E-state index >= 15 is 0 Å². The van der Waals surface area contributed by atoms with E-state index in [1.165, 1.54) is 53.0 Å². The van der Waals surface area contributed by atoms with Crippen molar-refractivity contribution >= 4 is 50.5 Å². The number of pyridine rings is 1. The first-order chi connectivity index (χ1) is 22.6. The van der Waals surface area contributed by atoms with Crippen molar-refractivity contribution in [2.45, 2.75) is 139 Å². The Morgan fingerprint density at radius 1 is 0.633 bits per heavy atom. The van der Waals surface area contributed by atoms with Crippen molar-refractivity contribution in [3.8, 4) is 0 Å². The Morgan fingerprint density at radius 2 is 1.00 bits per heavy atom. The van der Waals surface area contributed by atoms with Gasteiger partial charge in [-0.1, -0.05) is 149 Å². The predicted octanol–water partition coefficient (Wildman–Crippen LogP) is 13.8. The molecule has 0 atom stereocenters. The zero-order chi connectivity index (χ0) is 36.7. The Morgan fingerprint density at radius 3 is 1.37 bits per heavy atom. The average Bonchev–Trinajstić information content (AvgIpc) is 3.09. The fourth-order valence-electron chi connectivity index (χ4n) is 5.47. The molecule has 0 aliphatic rings. The summed E-state index contributed by atoms with van der Waals surface area (Å²) in [7, 11) is -1.84. The molecule has 0 radical (unpaired) electrons. The fourth-order valence-corrected chi connectivity index (χ4v) is 8.80. The molecule has 7 heteroatoms. The van der Waals surface area contributed by atoms with E-state index in [1.54, 1.807) is 0 Å². The van der Waals surface area contributed by atoms with Crippen molar-refractivity contribution < 1.29 is 17.1 Å². The third kappa shape index (κ3) is 14.7. The fraction of sp³-hybridized carbons (Fsp3) is 0.500. The molecule has 49 heavy (non-hydrogen) atoms. The standard InChI is InChI=1S/C28H32ClN3.2C7H17Si.Fe/c1-8-22-14-17(3)13-19(5)27(22)30-20(6)25-11-10-12-26(32-25)21(7)31-28-23(9-2)15-18(4)16-24(28)29;2*1-5-8(4,6-2)7-3;/h10-16H,8-9H2,1-7H3;2*4-7H2,1-3H3;/q;2*-1;+2. The van der Waals surface area contributed by atoms with Gasteiger partial charge >= 0.3 is 17.1 Å². The van der Waals surface area contributed by atoms with E-state index in [0.29, 0.717) is 5.02 Å². The number of aliphatic imine (C=N–C) groups is 2. The molecular weight excluding hydrogens is 694 g/mol. The van der Waals surface area contributed by atoms with Gasteiger partial charge in [-0.25, -0.2) is 9.98 Å². The van der Waals surface area contributed by atoms with E-state index in [1.807, 2.05) is 38.1 Å². The third-order valence-corrected chi connectivity index (χ3v) is 19.4. The first kappa shape index (κ1) is 47.2. The molecule has 3 aromatic rings. The second-order valence-corrected chi connectivity index (χ2v) is 24.1. The molecule has 3 rings (SSSR count). The summed E-state index contributed by atoms with van der Waals surface area (Å²) >= 11 is 6.52. The summed E-state index contributed by atoms with van der Waals surface area (Å²) in [5.41, 5.74) is 11.3. The summed E-state index contributed by atoms with van der Waals surface area (Å²) in [6.45, 7) is 36.7. The van der Waals surface area contributed by atoms with Gasteiger partial charge < -0.3 is 13.1 Å². The molecule has 1 heterocycles. The molecule has 0 spiro atoms. The monoisotopic (exact) mass is 759 g/mol. The minimum absolute atomic E-state index is 0. The predicted molar refractivity (Wildman–Crippen MR) is 224 cm³/mol. The largest absolute Gasteiger partial charge is 2.00 e. The molecule has 0 aliphatic heterocycles. The van der Waals surface area contributed by atoms with E-state index in [0.717, 1.165) is 58.2 Å². The summed E-state index contributed by atoms with van der Waals surface area (Å²) < 4.78 is 0. The Kier molecular flexibility index (Phi) is 22.0. The minimum Gasteiger partial charge on any atom is -0.342 e. The van der Waals surface area contributed by atoms with Crippen LogP contribution < -0.4 is 0 Å². The Hall–Kier alpha value is -1.83. The van der Waals surface area contributed by atoms with Gasteiger partial charge in [-0.2, -0.15) is 0 Å². The van der Waals surface area contributed by atoms with Crippen LogP contribution in [0.2, 0.25) is 41.3 Å². The normalized spacial score (nSPS) is 12.0. The third-order valence-electron chi connectivity index (χ3n) is 10.1. The van der Waals surface area contributed by atoms with E-state index in [9.17, 15) is 0 Å². The quantitative estimate of drug-likeness (QED) is 0.103. The summed E-state index contributed by atoms with van der Waals surface area (Å²) in [6, 6.07) is 22.6. The zero-order valence-corrected chi connectivity index (χ0v) is 37.0. The Bertz CT molecular complexity index is 1380. The van der Waals surface area contributed by atoms with Crippen LogP contribution in [0.25, 0.3) is 0 Å². The molecule has 272 valence electrons. The molecule has 2 aromatic carbocycles. The Labute approximate surface area is 319 Å². The van der Waals surface area contributed by atoms with E-state index in [-0.39, 0.29) is 17.1 Å². The van der Waals surface area contributed by atoms with Gasteiger partial charge in [0.1, 0.15) is 0 Å². The van der Waals surface area contributed by atoms with E-state index in [2.05, 4.69) is 107 Å². The van der Waals surface area contributed by atoms with Crippen molar-refractivity contribution in [2.75, 3.05) is 0 Å². The van der Waals surface area contributed by atoms with E-state index in [4.69, 9.17) is 26.6 Å². The summed E-state index contributed by atoms with van der Waals surface area (Å²) in [6.07, 6.45) is 1.83. The maximum absolute atomic E-state index is 6.52. The van der Waals surface area contributed by atoms with Crippen LogP contribution in [0.15, 0.2) is 52.4 Å². The number of rotatable bonds is 12. The van der Waals surface area contributed by atoms with Crippen molar-refractivity contribution in [1.82, 2.24) is 4.98 Å². The average molecular weight is 760 g/mol. The molecule has 0 saturated carbocycles. The van der Waals surface area contributed by atoms with E-state index < -0.39 is 16.1 Å². The second kappa shape index (κ2) is 22.9. The van der Waals surface area contributed by atoms with Gasteiger partial charge in [-0.05, 0) is 87.9 Å². The van der Waals surface area contributed by atoms with Gasteiger partial charge in [0.15, 0.2) is 0 Å². The second-order valence-electron chi connectivity index (χ2n) is 13.5. The molecule has 0 aliphatic carbocycles. The van der Waals surface area contributed by atoms with Gasteiger partial charge in [-0.3, -0.25) is 4.99 Å². The number of nitrogens with zero attached hydrogens (tertiary/aromatic N) is 3. The zero-order valence-electron chi connectivity index (χ0n) is 33.2. The molecule has 3 nitrogen and oxygen atoms in total. The number of hydrogen-bond acceptors (Lipinski definition) is 3. The maximum atomic E-state index is 6.52. The number of halogens is 1. The molecule has 1 aromatic heterocycles. The van der Waals surface area contributed by atoms with Crippen LogP contribution in [-0.2, 0) is 29.9 Å². The molecule has 0 unspecified atom stereocenters. The van der Waals surface area contributed by atoms with Crippen molar-refractivity contribution in [1.29, 1.82) is 0 Å². The van der Waals surface area contributed by atoms with Gasteiger partial charge in [0, 0.05) is 0 Å². The summed E-state index contributed by atoms with van der Waals surface area (Å²) in [5.74, 6) is 0. The van der Waals surface area contributed by atoms with Gasteiger partial charge in [-0.15, -0.1) is 0 Å². The van der Waals surface area contributed by atoms with Gasteiger partial charge in [0.25, 0.3) is 0 Å². The van der Waals surface area contributed by atoms with Crippen molar-refractivity contribution in [3.05, 3.63) is 99.8 Å². The summed E-state index contributed by atoms with van der Waals surface area (Å²) in [5, 5.41) is 0.678. The minimum atomic E-state index is -0.921. The molecule has 0 bridgehead atoms. The number of hydrogen-bond donors (Lipinski definition) is 0. The van der Waals surface area contributed by atoms with Gasteiger partial charge in [0.2, 0.25) is 0 Å². The first-order valence-electron chi connectivity index (χ1n) is 18.3. The van der Waals surface area contributed by atoms with Crippen LogP contribution in [0.3, 0.4) is 0 Å². The van der Waals surface area contributed by atoms with Crippen LogP contribution in [0.4, 0.5) is 11.4 Å². The van der Waals surface area contributed by atoms with Crippen LogP contribution >= 0.6 is 11.6 Å². The molecular formula is C42H66ClFeN3Si2. The number of aromatic nitrogens is 1. The van der Waals surface area contributed by atoms with Crippen molar-refractivity contribution in [3.63, 3.8) is 0 Å².